The van der Waals surface area contributed by atoms with E-state index < -0.39 is 0 Å². The summed E-state index contributed by atoms with van der Waals surface area (Å²) in [6, 6.07) is 10.0. The molecule has 0 atom stereocenters. The second kappa shape index (κ2) is 6.23. The molecule has 0 saturated carbocycles. The minimum Gasteiger partial charge on any atom is -0.206 e. The zero-order valence-corrected chi connectivity index (χ0v) is 16.4. The van der Waals surface area contributed by atoms with Crippen LogP contribution in [0.3, 0.4) is 0 Å². The van der Waals surface area contributed by atoms with Gasteiger partial charge >= 0.3 is 26.2 Å². The van der Waals surface area contributed by atoms with Crippen molar-refractivity contribution in [2.24, 2.45) is 0 Å². The Morgan fingerprint density at radius 2 is 1.14 bits per heavy atom. The van der Waals surface area contributed by atoms with Crippen LogP contribution in [0.25, 0.3) is 0 Å². The van der Waals surface area contributed by atoms with Gasteiger partial charge in [-0.2, -0.15) is 45.5 Å². The summed E-state index contributed by atoms with van der Waals surface area (Å²) in [6.45, 7) is 4.82. The first-order valence-corrected chi connectivity index (χ1v) is 8.72. The molecule has 2 aromatic rings. The summed E-state index contributed by atoms with van der Waals surface area (Å²) in [7, 11) is 0. The van der Waals surface area contributed by atoms with E-state index in [2.05, 4.69) is 38.1 Å². The second-order valence-electron chi connectivity index (χ2n) is 7.63. The zero-order chi connectivity index (χ0) is 14.4. The first kappa shape index (κ1) is 16.4. The van der Waals surface area contributed by atoms with Crippen LogP contribution in [0.15, 0.2) is 24.3 Å². The summed E-state index contributed by atoms with van der Waals surface area (Å²) >= 11 is 0. The molecule has 0 unspecified atom stereocenters. The Kier molecular flexibility index (Phi) is 4.66. The van der Waals surface area contributed by atoms with Crippen LogP contribution >= 0.6 is 0 Å². The third-order valence-electron chi connectivity index (χ3n) is 5.87. The van der Waals surface area contributed by atoms with Crippen LogP contribution in [0.5, 0.6) is 0 Å². The quantitative estimate of drug-likeness (QED) is 0.638. The van der Waals surface area contributed by atoms with Crippen molar-refractivity contribution >= 4 is 0 Å². The van der Waals surface area contributed by atoms with Gasteiger partial charge in [-0.1, -0.05) is 65.2 Å². The first-order chi connectivity index (χ1) is 10.1. The van der Waals surface area contributed by atoms with Crippen molar-refractivity contribution < 1.29 is 26.2 Å². The molecule has 0 aromatic heterocycles. The molecule has 0 radical (unpaired) electrons. The van der Waals surface area contributed by atoms with Crippen molar-refractivity contribution in [3.63, 3.8) is 0 Å². The van der Waals surface area contributed by atoms with Crippen LogP contribution < -0.4 is 0 Å². The minimum atomic E-state index is 0. The van der Waals surface area contributed by atoms with Gasteiger partial charge in [0, 0.05) is 0 Å². The standard InChI is InChI=1S/C21H26.Zr/c1-21(2,19-11-15-7-3-4-8-16(15)12-19)20-13-17-9-5-6-10-18(17)14-20;/h11-14H,3-10H2,1-2H3;/q-2;+2. The molecule has 0 heterocycles. The normalized spacial score (nSPS) is 17.5. The molecule has 0 aliphatic heterocycles. The Bertz CT molecular complexity index is 550. The molecule has 0 saturated heterocycles. The number of aryl methyl sites for hydroxylation is 4. The Balaban J connectivity index is 0.00000144. The van der Waals surface area contributed by atoms with Crippen molar-refractivity contribution in [3.05, 3.63) is 57.6 Å². The maximum Gasteiger partial charge on any atom is 2.00 e. The second-order valence-corrected chi connectivity index (χ2v) is 7.63. The van der Waals surface area contributed by atoms with Gasteiger partial charge in [-0.15, -0.1) is 0 Å². The van der Waals surface area contributed by atoms with Crippen molar-refractivity contribution in [3.8, 4) is 0 Å². The third-order valence-corrected chi connectivity index (χ3v) is 5.87. The van der Waals surface area contributed by atoms with Crippen LogP contribution in [0.4, 0.5) is 0 Å². The van der Waals surface area contributed by atoms with Gasteiger partial charge in [0.1, 0.15) is 0 Å². The zero-order valence-electron chi connectivity index (χ0n) is 14.0. The fourth-order valence-electron chi connectivity index (χ4n) is 4.29. The molecule has 0 spiro atoms. The Morgan fingerprint density at radius 1 is 0.727 bits per heavy atom. The van der Waals surface area contributed by atoms with Gasteiger partial charge < -0.3 is 0 Å². The van der Waals surface area contributed by atoms with E-state index in [0.717, 1.165) is 0 Å². The van der Waals surface area contributed by atoms with E-state index in [1.54, 1.807) is 22.3 Å². The summed E-state index contributed by atoms with van der Waals surface area (Å²) in [5, 5.41) is 0. The molecule has 2 aliphatic rings. The van der Waals surface area contributed by atoms with E-state index in [1.807, 2.05) is 0 Å². The van der Waals surface area contributed by atoms with Gasteiger partial charge in [0.2, 0.25) is 0 Å². The SMILES string of the molecule is CC(C)(c1cc2c([cH-]1)CCCC2)c1cc2c([cH-]1)CCCC2.[Zr+2]. The molecule has 0 amide bonds. The predicted molar refractivity (Wildman–Crippen MR) is 89.5 cm³/mol. The molecule has 2 aromatic carbocycles. The van der Waals surface area contributed by atoms with E-state index in [-0.39, 0.29) is 31.6 Å². The fourth-order valence-corrected chi connectivity index (χ4v) is 4.29. The van der Waals surface area contributed by atoms with Gasteiger partial charge in [0.15, 0.2) is 0 Å². The van der Waals surface area contributed by atoms with E-state index in [4.69, 9.17) is 0 Å². The van der Waals surface area contributed by atoms with Crippen LogP contribution in [-0.4, -0.2) is 0 Å². The molecule has 4 rings (SSSR count). The number of hydrogen-bond donors (Lipinski definition) is 0. The van der Waals surface area contributed by atoms with Crippen LogP contribution in [0.1, 0.15) is 72.9 Å². The van der Waals surface area contributed by atoms with Crippen LogP contribution in [0, 0.1) is 0 Å². The Morgan fingerprint density at radius 3 is 1.55 bits per heavy atom. The number of hydrogen-bond acceptors (Lipinski definition) is 0. The predicted octanol–water partition coefficient (Wildman–Crippen LogP) is 5.21. The van der Waals surface area contributed by atoms with E-state index in [0.29, 0.717) is 0 Å². The maximum atomic E-state index is 2.50. The smallest absolute Gasteiger partial charge is 0.206 e. The topological polar surface area (TPSA) is 0 Å². The van der Waals surface area contributed by atoms with E-state index in [9.17, 15) is 0 Å². The van der Waals surface area contributed by atoms with E-state index >= 15 is 0 Å². The maximum absolute atomic E-state index is 2.50. The van der Waals surface area contributed by atoms with Crippen LogP contribution in [0.2, 0.25) is 0 Å². The molecular weight excluding hydrogens is 343 g/mol. The van der Waals surface area contributed by atoms with Crippen LogP contribution in [-0.2, 0) is 57.3 Å². The molecule has 1 heteroatoms. The van der Waals surface area contributed by atoms with Crippen molar-refractivity contribution in [2.75, 3.05) is 0 Å². The molecule has 0 N–H and O–H groups in total. The molecule has 0 bridgehead atoms. The molecule has 2 aliphatic carbocycles. The molecule has 0 fully saturated rings. The van der Waals surface area contributed by atoms with Crippen molar-refractivity contribution in [1.29, 1.82) is 0 Å². The largest absolute Gasteiger partial charge is 2.00 e. The van der Waals surface area contributed by atoms with Gasteiger partial charge in [0.05, 0.1) is 0 Å². The average Bonchev–Trinajstić information content (AvgIpc) is 3.11. The summed E-state index contributed by atoms with van der Waals surface area (Å²) in [4.78, 5) is 0. The molecule has 114 valence electrons. The minimum absolute atomic E-state index is 0. The Labute approximate surface area is 154 Å². The van der Waals surface area contributed by atoms with Crippen molar-refractivity contribution in [2.45, 2.75) is 70.6 Å². The Hall–Kier alpha value is -0.417. The first-order valence-electron chi connectivity index (χ1n) is 8.72. The summed E-state index contributed by atoms with van der Waals surface area (Å²) in [6.07, 6.45) is 10.7. The van der Waals surface area contributed by atoms with Gasteiger partial charge in [-0.25, -0.2) is 12.1 Å². The van der Waals surface area contributed by atoms with Gasteiger partial charge in [-0.05, 0) is 5.41 Å². The molecule has 22 heavy (non-hydrogen) atoms. The van der Waals surface area contributed by atoms with Gasteiger partial charge in [-0.3, -0.25) is 0 Å². The molecule has 0 nitrogen and oxygen atoms in total. The molecular formula is C21H26Zr. The van der Waals surface area contributed by atoms with Gasteiger partial charge in [0.25, 0.3) is 0 Å². The number of rotatable bonds is 2. The third kappa shape index (κ3) is 2.75. The summed E-state index contributed by atoms with van der Waals surface area (Å²) in [5.74, 6) is 0. The van der Waals surface area contributed by atoms with E-state index in [1.165, 1.54) is 62.5 Å². The monoisotopic (exact) mass is 368 g/mol. The summed E-state index contributed by atoms with van der Waals surface area (Å²) < 4.78 is 0. The van der Waals surface area contributed by atoms with Crippen molar-refractivity contribution in [1.82, 2.24) is 0 Å². The average molecular weight is 370 g/mol. The number of fused-ring (bicyclic) bond motifs is 2. The fraction of sp³-hybridized carbons (Fsp3) is 0.524. The summed E-state index contributed by atoms with van der Waals surface area (Å²) in [5.41, 5.74) is 9.74.